The maximum Gasteiger partial charge on any atom is 0.235 e. The first kappa shape index (κ1) is 12.6. The van der Waals surface area contributed by atoms with Gasteiger partial charge in [0.15, 0.2) is 0 Å². The second-order valence-electron chi connectivity index (χ2n) is 4.36. The van der Waals surface area contributed by atoms with Crippen LogP contribution in [0.4, 0.5) is 5.69 Å². The summed E-state index contributed by atoms with van der Waals surface area (Å²) >= 11 is 3.13. The Hall–Kier alpha value is -0.870. The van der Waals surface area contributed by atoms with E-state index in [4.69, 9.17) is 0 Å². The highest BCUT2D eigenvalue weighted by Gasteiger charge is 2.11. The molecule has 1 aromatic carbocycles. The van der Waals surface area contributed by atoms with Crippen molar-refractivity contribution in [3.63, 3.8) is 0 Å². The van der Waals surface area contributed by atoms with Crippen molar-refractivity contribution in [2.75, 3.05) is 23.7 Å². The van der Waals surface area contributed by atoms with Gasteiger partial charge in [-0.25, -0.2) is 0 Å². The molecule has 1 aliphatic rings. The van der Waals surface area contributed by atoms with Gasteiger partial charge in [0.1, 0.15) is 0 Å². The van der Waals surface area contributed by atoms with Crippen LogP contribution in [-0.4, -0.2) is 29.2 Å². The number of amides is 1. The number of nitrogens with zero attached hydrogens (tertiary/aromatic N) is 1. The Labute approximate surface area is 110 Å². The number of carbonyl (C=O) groups is 1. The van der Waals surface area contributed by atoms with Crippen molar-refractivity contribution < 1.29 is 4.79 Å². The topological polar surface area (TPSA) is 32.3 Å². The standard InChI is InChI=1S/C13H17BrN2O/c14-9-13(17)15-12-5-3-11(4-6-12)10-16-7-1-2-8-16/h3-6H,1-2,7-10H2,(H,15,17). The zero-order valence-corrected chi connectivity index (χ0v) is 11.4. The van der Waals surface area contributed by atoms with Gasteiger partial charge in [-0.3, -0.25) is 9.69 Å². The Bertz CT molecular complexity index is 372. The summed E-state index contributed by atoms with van der Waals surface area (Å²) in [5, 5.41) is 3.15. The lowest BCUT2D eigenvalue weighted by Gasteiger charge is -2.14. The lowest BCUT2D eigenvalue weighted by Crippen LogP contribution is -2.18. The van der Waals surface area contributed by atoms with E-state index in [1.54, 1.807) is 0 Å². The van der Waals surface area contributed by atoms with Crippen LogP contribution in [0.1, 0.15) is 18.4 Å². The van der Waals surface area contributed by atoms with Crippen LogP contribution >= 0.6 is 15.9 Å². The molecule has 1 saturated heterocycles. The molecule has 1 amide bonds. The molecule has 0 aromatic heterocycles. The molecule has 4 heteroatoms. The predicted molar refractivity (Wildman–Crippen MR) is 73.4 cm³/mol. The number of rotatable bonds is 4. The summed E-state index contributed by atoms with van der Waals surface area (Å²) < 4.78 is 0. The second-order valence-corrected chi connectivity index (χ2v) is 4.92. The van der Waals surface area contributed by atoms with Gasteiger partial charge >= 0.3 is 0 Å². The zero-order valence-electron chi connectivity index (χ0n) is 9.79. The van der Waals surface area contributed by atoms with Crippen LogP contribution in [0, 0.1) is 0 Å². The summed E-state index contributed by atoms with van der Waals surface area (Å²) in [7, 11) is 0. The van der Waals surface area contributed by atoms with Crippen molar-refractivity contribution in [3.05, 3.63) is 29.8 Å². The van der Waals surface area contributed by atoms with E-state index in [1.165, 1.54) is 31.5 Å². The number of nitrogens with one attached hydrogen (secondary N) is 1. The first-order valence-corrected chi connectivity index (χ1v) is 7.07. The van der Waals surface area contributed by atoms with Crippen molar-refractivity contribution in [1.29, 1.82) is 0 Å². The minimum Gasteiger partial charge on any atom is -0.325 e. The van der Waals surface area contributed by atoms with E-state index in [0.29, 0.717) is 5.33 Å². The fourth-order valence-corrected chi connectivity index (χ4v) is 2.23. The van der Waals surface area contributed by atoms with Crippen molar-refractivity contribution in [3.8, 4) is 0 Å². The summed E-state index contributed by atoms with van der Waals surface area (Å²) in [6.07, 6.45) is 2.64. The first-order chi connectivity index (χ1) is 8.28. The van der Waals surface area contributed by atoms with Crippen LogP contribution in [0.25, 0.3) is 0 Å². The van der Waals surface area contributed by atoms with Crippen molar-refractivity contribution >= 4 is 27.5 Å². The van der Waals surface area contributed by atoms with Crippen molar-refractivity contribution in [2.24, 2.45) is 0 Å². The van der Waals surface area contributed by atoms with Gasteiger partial charge in [-0.1, -0.05) is 28.1 Å². The fourth-order valence-electron chi connectivity index (χ4n) is 2.09. The molecule has 3 nitrogen and oxygen atoms in total. The maximum atomic E-state index is 11.2. The number of hydrogen-bond acceptors (Lipinski definition) is 2. The molecule has 17 heavy (non-hydrogen) atoms. The number of likely N-dealkylation sites (tertiary alicyclic amines) is 1. The van der Waals surface area contributed by atoms with Crippen LogP contribution < -0.4 is 5.32 Å². The molecule has 0 spiro atoms. The molecule has 0 aliphatic carbocycles. The molecule has 2 rings (SSSR count). The number of alkyl halides is 1. The summed E-state index contributed by atoms with van der Waals surface area (Å²) in [6.45, 7) is 3.44. The third-order valence-electron chi connectivity index (χ3n) is 2.96. The van der Waals surface area contributed by atoms with E-state index >= 15 is 0 Å². The van der Waals surface area contributed by atoms with Crippen molar-refractivity contribution in [1.82, 2.24) is 4.90 Å². The summed E-state index contributed by atoms with van der Waals surface area (Å²) in [5.74, 6) is -0.0164. The molecule has 0 saturated carbocycles. The molecule has 92 valence electrons. The quantitative estimate of drug-likeness (QED) is 0.867. The van der Waals surface area contributed by atoms with Gasteiger partial charge in [0, 0.05) is 12.2 Å². The molecular weight excluding hydrogens is 280 g/mol. The van der Waals surface area contributed by atoms with Gasteiger partial charge in [-0.05, 0) is 43.6 Å². The Kier molecular flexibility index (Phi) is 4.57. The third kappa shape index (κ3) is 3.82. The monoisotopic (exact) mass is 296 g/mol. The molecule has 1 N–H and O–H groups in total. The van der Waals surface area contributed by atoms with Gasteiger partial charge in [0.25, 0.3) is 0 Å². The number of halogens is 1. The largest absolute Gasteiger partial charge is 0.325 e. The van der Waals surface area contributed by atoms with E-state index in [9.17, 15) is 4.79 Å². The van der Waals surface area contributed by atoms with Gasteiger partial charge in [0.05, 0.1) is 5.33 Å². The number of benzene rings is 1. The number of hydrogen-bond donors (Lipinski definition) is 1. The first-order valence-electron chi connectivity index (χ1n) is 5.95. The second kappa shape index (κ2) is 6.17. The van der Waals surface area contributed by atoms with E-state index in [0.717, 1.165) is 12.2 Å². The normalized spacial score (nSPS) is 16.1. The average molecular weight is 297 g/mol. The molecule has 0 bridgehead atoms. The average Bonchev–Trinajstić information content (AvgIpc) is 2.84. The van der Waals surface area contributed by atoms with Gasteiger partial charge in [-0.15, -0.1) is 0 Å². The van der Waals surface area contributed by atoms with Crippen LogP contribution in [-0.2, 0) is 11.3 Å². The molecule has 0 atom stereocenters. The molecule has 0 unspecified atom stereocenters. The fraction of sp³-hybridized carbons (Fsp3) is 0.462. The minimum atomic E-state index is -0.0164. The Morgan fingerprint density at radius 2 is 1.88 bits per heavy atom. The number of anilines is 1. The van der Waals surface area contributed by atoms with Gasteiger partial charge in [0.2, 0.25) is 5.91 Å². The predicted octanol–water partition coefficient (Wildman–Crippen LogP) is 2.62. The summed E-state index contributed by atoms with van der Waals surface area (Å²) in [6, 6.07) is 8.10. The minimum absolute atomic E-state index is 0.0164. The van der Waals surface area contributed by atoms with E-state index in [-0.39, 0.29) is 5.91 Å². The van der Waals surface area contributed by atoms with Crippen LogP contribution in [0.2, 0.25) is 0 Å². The van der Waals surface area contributed by atoms with E-state index in [2.05, 4.69) is 38.3 Å². The molecule has 1 heterocycles. The molecular formula is C13H17BrN2O. The summed E-state index contributed by atoms with van der Waals surface area (Å²) in [4.78, 5) is 13.6. The highest BCUT2D eigenvalue weighted by atomic mass is 79.9. The molecule has 1 fully saturated rings. The lowest BCUT2D eigenvalue weighted by molar-refractivity contribution is -0.113. The SMILES string of the molecule is O=C(CBr)Nc1ccc(CN2CCCC2)cc1. The molecule has 1 aliphatic heterocycles. The lowest BCUT2D eigenvalue weighted by atomic mass is 10.2. The Morgan fingerprint density at radius 1 is 1.24 bits per heavy atom. The third-order valence-corrected chi connectivity index (χ3v) is 3.47. The highest BCUT2D eigenvalue weighted by molar-refractivity contribution is 9.09. The maximum absolute atomic E-state index is 11.2. The summed E-state index contributed by atoms with van der Waals surface area (Å²) in [5.41, 5.74) is 2.17. The Morgan fingerprint density at radius 3 is 2.47 bits per heavy atom. The zero-order chi connectivity index (χ0) is 12.1. The van der Waals surface area contributed by atoms with Crippen molar-refractivity contribution in [2.45, 2.75) is 19.4 Å². The van der Waals surface area contributed by atoms with E-state index in [1.807, 2.05) is 12.1 Å². The van der Waals surface area contributed by atoms with Crippen LogP contribution in [0.3, 0.4) is 0 Å². The highest BCUT2D eigenvalue weighted by Crippen LogP contribution is 2.15. The van der Waals surface area contributed by atoms with Gasteiger partial charge in [-0.2, -0.15) is 0 Å². The van der Waals surface area contributed by atoms with Crippen LogP contribution in [0.15, 0.2) is 24.3 Å². The van der Waals surface area contributed by atoms with Crippen LogP contribution in [0.5, 0.6) is 0 Å². The smallest absolute Gasteiger partial charge is 0.235 e. The van der Waals surface area contributed by atoms with E-state index < -0.39 is 0 Å². The molecule has 0 radical (unpaired) electrons. The number of carbonyl (C=O) groups excluding carboxylic acids is 1. The molecule has 1 aromatic rings. The Balaban J connectivity index is 1.90. The van der Waals surface area contributed by atoms with Gasteiger partial charge < -0.3 is 5.32 Å².